The average Bonchev–Trinajstić information content (AvgIpc) is 2.62. The summed E-state index contributed by atoms with van der Waals surface area (Å²) in [5.74, 6) is 0.898. The summed E-state index contributed by atoms with van der Waals surface area (Å²) in [6.45, 7) is 6.50. The van der Waals surface area contributed by atoms with Crippen LogP contribution in [0.1, 0.15) is 17.5 Å². The van der Waals surface area contributed by atoms with Crippen LogP contribution in [0.4, 0.5) is 0 Å². The van der Waals surface area contributed by atoms with Gasteiger partial charge in [-0.3, -0.25) is 4.79 Å². The number of rotatable bonds is 5. The Morgan fingerprint density at radius 2 is 2.24 bits per heavy atom. The predicted octanol–water partition coefficient (Wildman–Crippen LogP) is 2.52. The number of ether oxygens (including phenoxy) is 1. The van der Waals surface area contributed by atoms with E-state index in [0.717, 1.165) is 16.3 Å². The second-order valence-electron chi connectivity index (χ2n) is 6.46. The zero-order valence-corrected chi connectivity index (χ0v) is 15.6. The number of aromatic nitrogens is 1. The van der Waals surface area contributed by atoms with Gasteiger partial charge >= 0.3 is 0 Å². The van der Waals surface area contributed by atoms with Crippen molar-refractivity contribution in [3.05, 3.63) is 35.4 Å². The van der Waals surface area contributed by atoms with E-state index in [9.17, 15) is 4.79 Å². The Bertz CT molecular complexity index is 766. The minimum Gasteiger partial charge on any atom is -0.373 e. The monoisotopic (exact) mass is 359 g/mol. The summed E-state index contributed by atoms with van der Waals surface area (Å²) >= 11 is 1.64. The number of hydrogen-bond donors (Lipinski definition) is 1. The standard InChI is InChI=1S/C19H25N3O2S/c1-13-3-4-17-16(9-13)14(2)10-18(21-17)25-8-5-19(23)22-6-7-24-15(11-20)12-22/h3-4,9-10,15H,5-8,11-12,20H2,1-2H3. The maximum Gasteiger partial charge on any atom is 0.223 e. The highest BCUT2D eigenvalue weighted by molar-refractivity contribution is 7.99. The summed E-state index contributed by atoms with van der Waals surface area (Å²) in [4.78, 5) is 18.9. The molecule has 0 radical (unpaired) electrons. The van der Waals surface area contributed by atoms with Crippen LogP contribution in [0.15, 0.2) is 29.3 Å². The SMILES string of the molecule is Cc1ccc2nc(SCCC(=O)N3CCOC(CN)C3)cc(C)c2c1. The molecule has 1 fully saturated rings. The molecular weight excluding hydrogens is 334 g/mol. The van der Waals surface area contributed by atoms with Crippen molar-refractivity contribution in [1.82, 2.24) is 9.88 Å². The van der Waals surface area contributed by atoms with Crippen LogP contribution < -0.4 is 5.73 Å². The van der Waals surface area contributed by atoms with Gasteiger partial charge in [0.1, 0.15) is 0 Å². The molecule has 0 bridgehead atoms. The highest BCUT2D eigenvalue weighted by Crippen LogP contribution is 2.25. The van der Waals surface area contributed by atoms with E-state index in [1.807, 2.05) is 4.90 Å². The molecule has 0 spiro atoms. The van der Waals surface area contributed by atoms with Crippen LogP contribution in [-0.2, 0) is 9.53 Å². The van der Waals surface area contributed by atoms with Crippen molar-refractivity contribution in [2.24, 2.45) is 5.73 Å². The number of nitrogens with zero attached hydrogens (tertiary/aromatic N) is 2. The van der Waals surface area contributed by atoms with Crippen LogP contribution in [0.5, 0.6) is 0 Å². The molecule has 1 unspecified atom stereocenters. The second-order valence-corrected chi connectivity index (χ2v) is 7.58. The molecule has 134 valence electrons. The first kappa shape index (κ1) is 18.2. The molecule has 25 heavy (non-hydrogen) atoms. The van der Waals surface area contributed by atoms with E-state index in [1.54, 1.807) is 11.8 Å². The number of hydrogen-bond acceptors (Lipinski definition) is 5. The minimum atomic E-state index is -0.0291. The van der Waals surface area contributed by atoms with Gasteiger partial charge in [0.25, 0.3) is 0 Å². The van der Waals surface area contributed by atoms with E-state index >= 15 is 0 Å². The number of fused-ring (bicyclic) bond motifs is 1. The molecule has 2 heterocycles. The van der Waals surface area contributed by atoms with Gasteiger partial charge in [0.05, 0.1) is 23.3 Å². The van der Waals surface area contributed by atoms with Crippen LogP contribution in [0, 0.1) is 13.8 Å². The van der Waals surface area contributed by atoms with Crippen LogP contribution in [0.3, 0.4) is 0 Å². The predicted molar refractivity (Wildman–Crippen MR) is 102 cm³/mol. The molecule has 3 rings (SSSR count). The molecular formula is C19H25N3O2S. The molecule has 1 amide bonds. The molecule has 1 saturated heterocycles. The summed E-state index contributed by atoms with van der Waals surface area (Å²) in [7, 11) is 0. The van der Waals surface area contributed by atoms with Gasteiger partial charge in [0, 0.05) is 37.2 Å². The number of pyridine rings is 1. The summed E-state index contributed by atoms with van der Waals surface area (Å²) in [6.07, 6.45) is 0.479. The molecule has 1 aliphatic rings. The summed E-state index contributed by atoms with van der Waals surface area (Å²) in [6, 6.07) is 8.42. The highest BCUT2D eigenvalue weighted by atomic mass is 32.2. The molecule has 1 atom stereocenters. The van der Waals surface area contributed by atoms with Gasteiger partial charge in [-0.05, 0) is 37.6 Å². The second kappa shape index (κ2) is 8.17. The third-order valence-corrected chi connectivity index (χ3v) is 5.38. The van der Waals surface area contributed by atoms with Gasteiger partial charge in [-0.25, -0.2) is 4.98 Å². The Balaban J connectivity index is 1.57. The normalized spacial score (nSPS) is 17.9. The number of nitrogens with two attached hydrogens (primary N) is 1. The Morgan fingerprint density at radius 3 is 3.04 bits per heavy atom. The summed E-state index contributed by atoms with van der Waals surface area (Å²) in [5, 5.41) is 2.17. The number of aryl methyl sites for hydroxylation is 2. The third kappa shape index (κ3) is 4.51. The van der Waals surface area contributed by atoms with Crippen molar-refractivity contribution in [3.8, 4) is 0 Å². The first-order valence-electron chi connectivity index (χ1n) is 8.67. The van der Waals surface area contributed by atoms with E-state index < -0.39 is 0 Å². The number of carbonyl (C=O) groups is 1. The van der Waals surface area contributed by atoms with Crippen LogP contribution >= 0.6 is 11.8 Å². The zero-order valence-electron chi connectivity index (χ0n) is 14.8. The molecule has 1 aliphatic heterocycles. The number of benzene rings is 1. The van der Waals surface area contributed by atoms with E-state index in [-0.39, 0.29) is 12.0 Å². The fraction of sp³-hybridized carbons (Fsp3) is 0.474. The Kier molecular flexibility index (Phi) is 5.93. The van der Waals surface area contributed by atoms with Crippen molar-refractivity contribution >= 4 is 28.6 Å². The lowest BCUT2D eigenvalue weighted by Gasteiger charge is -2.32. The van der Waals surface area contributed by atoms with Crippen LogP contribution in [0.25, 0.3) is 10.9 Å². The van der Waals surface area contributed by atoms with E-state index in [0.29, 0.717) is 32.7 Å². The van der Waals surface area contributed by atoms with Gasteiger partial charge in [0.2, 0.25) is 5.91 Å². The van der Waals surface area contributed by atoms with Crippen LogP contribution in [0.2, 0.25) is 0 Å². The van der Waals surface area contributed by atoms with Gasteiger partial charge in [0.15, 0.2) is 0 Å². The smallest absolute Gasteiger partial charge is 0.223 e. The topological polar surface area (TPSA) is 68.5 Å². The lowest BCUT2D eigenvalue weighted by Crippen LogP contribution is -2.48. The first-order chi connectivity index (χ1) is 12.1. The van der Waals surface area contributed by atoms with Gasteiger partial charge in [-0.15, -0.1) is 11.8 Å². The quantitative estimate of drug-likeness (QED) is 0.831. The fourth-order valence-corrected chi connectivity index (χ4v) is 3.95. The molecule has 1 aromatic heterocycles. The minimum absolute atomic E-state index is 0.0291. The lowest BCUT2D eigenvalue weighted by atomic mass is 10.1. The maximum absolute atomic E-state index is 12.4. The zero-order chi connectivity index (χ0) is 17.8. The number of carbonyl (C=O) groups excluding carboxylic acids is 1. The van der Waals surface area contributed by atoms with E-state index in [1.165, 1.54) is 16.5 Å². The third-order valence-electron chi connectivity index (χ3n) is 4.47. The maximum atomic E-state index is 12.4. The molecule has 6 heteroatoms. The lowest BCUT2D eigenvalue weighted by molar-refractivity contribution is -0.137. The van der Waals surface area contributed by atoms with E-state index in [4.69, 9.17) is 15.5 Å². The number of morpholine rings is 1. The van der Waals surface area contributed by atoms with Crippen molar-refractivity contribution < 1.29 is 9.53 Å². The first-order valence-corrected chi connectivity index (χ1v) is 9.65. The Hall–Kier alpha value is -1.63. The molecule has 0 aliphatic carbocycles. The molecule has 0 saturated carbocycles. The van der Waals surface area contributed by atoms with Gasteiger partial charge in [-0.1, -0.05) is 11.6 Å². The summed E-state index contributed by atoms with van der Waals surface area (Å²) in [5.41, 5.74) is 9.11. The average molecular weight is 359 g/mol. The van der Waals surface area contributed by atoms with Crippen LogP contribution in [-0.4, -0.2) is 53.9 Å². The Morgan fingerprint density at radius 1 is 1.40 bits per heavy atom. The Labute approximate surface area is 152 Å². The van der Waals surface area contributed by atoms with Crippen molar-refractivity contribution in [1.29, 1.82) is 0 Å². The summed E-state index contributed by atoms with van der Waals surface area (Å²) < 4.78 is 5.51. The highest BCUT2D eigenvalue weighted by Gasteiger charge is 2.22. The van der Waals surface area contributed by atoms with Crippen molar-refractivity contribution in [3.63, 3.8) is 0 Å². The molecule has 5 nitrogen and oxygen atoms in total. The molecule has 2 aromatic rings. The molecule has 1 aromatic carbocycles. The van der Waals surface area contributed by atoms with Crippen molar-refractivity contribution in [2.75, 3.05) is 32.0 Å². The number of amides is 1. The fourth-order valence-electron chi connectivity index (χ4n) is 3.04. The number of thioether (sulfide) groups is 1. The van der Waals surface area contributed by atoms with Gasteiger partial charge in [-0.2, -0.15) is 0 Å². The van der Waals surface area contributed by atoms with Crippen molar-refractivity contribution in [2.45, 2.75) is 31.4 Å². The van der Waals surface area contributed by atoms with E-state index in [2.05, 4.69) is 38.1 Å². The largest absolute Gasteiger partial charge is 0.373 e. The molecule has 2 N–H and O–H groups in total. The van der Waals surface area contributed by atoms with Gasteiger partial charge < -0.3 is 15.4 Å².